The molecule has 3 nitrogen and oxygen atoms in total. The van der Waals surface area contributed by atoms with E-state index in [1.54, 1.807) is 24.3 Å². The molecule has 1 heterocycles. The number of allylic oxidation sites excluding steroid dienone is 2. The number of hydrogen-bond donors (Lipinski definition) is 3. The molecule has 4 heteroatoms. The molecule has 112 valence electrons. The van der Waals surface area contributed by atoms with Crippen LogP contribution in [0.15, 0.2) is 48.6 Å². The fourth-order valence-corrected chi connectivity index (χ4v) is 3.67. The van der Waals surface area contributed by atoms with Crippen LogP contribution in [0.3, 0.4) is 0 Å². The second-order valence-electron chi connectivity index (χ2n) is 5.95. The lowest BCUT2D eigenvalue weighted by molar-refractivity contribution is 0.397. The van der Waals surface area contributed by atoms with E-state index in [0.717, 1.165) is 23.2 Å². The molecule has 2 aliphatic rings. The Morgan fingerprint density at radius 3 is 2.73 bits per heavy atom. The number of benzene rings is 2. The number of phenols is 2. The Bertz CT molecular complexity index is 772. The van der Waals surface area contributed by atoms with Crippen LogP contribution in [0.25, 0.3) is 0 Å². The SMILES string of the molecule is Oc1ccc(C2Nc3ccc(F)cc3C3C=CCC32)c(O)c1. The van der Waals surface area contributed by atoms with E-state index in [1.807, 2.05) is 0 Å². The van der Waals surface area contributed by atoms with E-state index < -0.39 is 0 Å². The summed E-state index contributed by atoms with van der Waals surface area (Å²) in [5.41, 5.74) is 2.62. The highest BCUT2D eigenvalue weighted by atomic mass is 19.1. The van der Waals surface area contributed by atoms with Crippen LogP contribution >= 0.6 is 0 Å². The molecule has 0 aromatic heterocycles. The lowest BCUT2D eigenvalue weighted by atomic mass is 9.77. The standard InChI is InChI=1S/C18H16FNO2/c19-10-4-7-16-15(8-10)12-2-1-3-13(12)18(20-16)14-6-5-11(21)9-17(14)22/h1-2,4-9,12-13,18,20-22H,3H2. The maximum Gasteiger partial charge on any atom is 0.124 e. The Morgan fingerprint density at radius 2 is 1.91 bits per heavy atom. The monoisotopic (exact) mass is 297 g/mol. The number of rotatable bonds is 1. The van der Waals surface area contributed by atoms with E-state index in [0.29, 0.717) is 0 Å². The summed E-state index contributed by atoms with van der Waals surface area (Å²) in [5, 5.41) is 23.1. The predicted octanol–water partition coefficient (Wildman–Crippen LogP) is 4.06. The molecule has 1 aliphatic carbocycles. The summed E-state index contributed by atoms with van der Waals surface area (Å²) < 4.78 is 13.6. The Kier molecular flexibility index (Phi) is 2.86. The Balaban J connectivity index is 1.81. The second-order valence-corrected chi connectivity index (χ2v) is 5.95. The molecular formula is C18H16FNO2. The van der Waals surface area contributed by atoms with Crippen molar-refractivity contribution < 1.29 is 14.6 Å². The molecule has 0 spiro atoms. The van der Waals surface area contributed by atoms with Gasteiger partial charge in [-0.1, -0.05) is 12.2 Å². The topological polar surface area (TPSA) is 52.5 Å². The van der Waals surface area contributed by atoms with Gasteiger partial charge in [0.2, 0.25) is 0 Å². The first kappa shape index (κ1) is 13.2. The molecule has 3 atom stereocenters. The molecule has 3 unspecified atom stereocenters. The molecule has 2 aromatic rings. The minimum absolute atomic E-state index is 0.0422. The average Bonchev–Trinajstić information content (AvgIpc) is 2.97. The van der Waals surface area contributed by atoms with Gasteiger partial charge in [0, 0.05) is 23.2 Å². The van der Waals surface area contributed by atoms with Crippen LogP contribution in [0.1, 0.15) is 29.5 Å². The van der Waals surface area contributed by atoms with Gasteiger partial charge in [0.15, 0.2) is 0 Å². The molecule has 0 radical (unpaired) electrons. The molecule has 22 heavy (non-hydrogen) atoms. The summed E-state index contributed by atoms with van der Waals surface area (Å²) in [5.74, 6) is 0.259. The highest BCUT2D eigenvalue weighted by molar-refractivity contribution is 5.60. The van der Waals surface area contributed by atoms with Gasteiger partial charge in [-0.25, -0.2) is 4.39 Å². The summed E-state index contributed by atoms with van der Waals surface area (Å²) >= 11 is 0. The number of hydrogen-bond acceptors (Lipinski definition) is 3. The normalized spacial score (nSPS) is 25.4. The van der Waals surface area contributed by atoms with Gasteiger partial charge in [-0.3, -0.25) is 0 Å². The fourth-order valence-electron chi connectivity index (χ4n) is 3.67. The highest BCUT2D eigenvalue weighted by Crippen LogP contribution is 2.51. The zero-order chi connectivity index (χ0) is 15.3. The smallest absolute Gasteiger partial charge is 0.124 e. The van der Waals surface area contributed by atoms with E-state index >= 15 is 0 Å². The highest BCUT2D eigenvalue weighted by Gasteiger charge is 2.38. The van der Waals surface area contributed by atoms with Gasteiger partial charge < -0.3 is 15.5 Å². The van der Waals surface area contributed by atoms with Crippen molar-refractivity contribution >= 4 is 5.69 Å². The molecular weight excluding hydrogens is 281 g/mol. The number of nitrogens with one attached hydrogen (secondary N) is 1. The van der Waals surface area contributed by atoms with Crippen LogP contribution in [0, 0.1) is 11.7 Å². The zero-order valence-corrected chi connectivity index (χ0v) is 11.8. The summed E-state index contributed by atoms with van der Waals surface area (Å²) in [4.78, 5) is 0. The fraction of sp³-hybridized carbons (Fsp3) is 0.222. The average molecular weight is 297 g/mol. The van der Waals surface area contributed by atoms with Gasteiger partial charge >= 0.3 is 0 Å². The third kappa shape index (κ3) is 1.95. The van der Waals surface area contributed by atoms with Crippen molar-refractivity contribution in [1.82, 2.24) is 0 Å². The number of anilines is 1. The number of aromatic hydroxyl groups is 2. The van der Waals surface area contributed by atoms with Crippen molar-refractivity contribution in [2.75, 3.05) is 5.32 Å². The zero-order valence-electron chi connectivity index (χ0n) is 11.8. The van der Waals surface area contributed by atoms with Crippen LogP contribution in [0.5, 0.6) is 11.5 Å². The van der Waals surface area contributed by atoms with Crippen LogP contribution in [0.4, 0.5) is 10.1 Å². The van der Waals surface area contributed by atoms with Crippen LogP contribution in [0.2, 0.25) is 0 Å². The van der Waals surface area contributed by atoms with Gasteiger partial charge in [0.05, 0.1) is 6.04 Å². The molecule has 0 fully saturated rings. The molecule has 1 aliphatic heterocycles. The van der Waals surface area contributed by atoms with E-state index in [4.69, 9.17) is 0 Å². The Labute approximate surface area is 127 Å². The van der Waals surface area contributed by atoms with Crippen molar-refractivity contribution in [2.24, 2.45) is 5.92 Å². The third-order valence-electron chi connectivity index (χ3n) is 4.67. The molecule has 0 amide bonds. The Hall–Kier alpha value is -2.49. The predicted molar refractivity (Wildman–Crippen MR) is 82.5 cm³/mol. The van der Waals surface area contributed by atoms with Gasteiger partial charge in [-0.2, -0.15) is 0 Å². The van der Waals surface area contributed by atoms with Crippen molar-refractivity contribution in [1.29, 1.82) is 0 Å². The number of fused-ring (bicyclic) bond motifs is 3. The van der Waals surface area contributed by atoms with Gasteiger partial charge in [-0.05, 0) is 48.2 Å². The Morgan fingerprint density at radius 1 is 1.05 bits per heavy atom. The first-order valence-corrected chi connectivity index (χ1v) is 7.38. The maximum atomic E-state index is 13.6. The van der Waals surface area contributed by atoms with Crippen molar-refractivity contribution in [2.45, 2.75) is 18.4 Å². The number of phenolic OH excluding ortho intramolecular Hbond substituents is 2. The molecule has 3 N–H and O–H groups in total. The van der Waals surface area contributed by atoms with Crippen molar-refractivity contribution in [3.63, 3.8) is 0 Å². The molecule has 0 saturated carbocycles. The largest absolute Gasteiger partial charge is 0.508 e. The van der Waals surface area contributed by atoms with Crippen LogP contribution in [-0.2, 0) is 0 Å². The molecule has 4 rings (SSSR count). The van der Waals surface area contributed by atoms with Crippen LogP contribution < -0.4 is 5.32 Å². The summed E-state index contributed by atoms with van der Waals surface area (Å²) in [6, 6.07) is 9.38. The van der Waals surface area contributed by atoms with E-state index in [-0.39, 0.29) is 35.2 Å². The second kappa shape index (κ2) is 4.77. The quantitative estimate of drug-likeness (QED) is 0.696. The van der Waals surface area contributed by atoms with E-state index in [1.165, 1.54) is 12.1 Å². The van der Waals surface area contributed by atoms with Gasteiger partial charge in [0.1, 0.15) is 17.3 Å². The first-order valence-electron chi connectivity index (χ1n) is 7.38. The lowest BCUT2D eigenvalue weighted by Gasteiger charge is -2.37. The van der Waals surface area contributed by atoms with E-state index in [2.05, 4.69) is 17.5 Å². The van der Waals surface area contributed by atoms with Crippen molar-refractivity contribution in [3.05, 3.63) is 65.5 Å². The van der Waals surface area contributed by atoms with Gasteiger partial charge in [-0.15, -0.1) is 0 Å². The summed E-state index contributed by atoms with van der Waals surface area (Å²) in [6.45, 7) is 0. The van der Waals surface area contributed by atoms with E-state index in [9.17, 15) is 14.6 Å². The van der Waals surface area contributed by atoms with Crippen LogP contribution in [-0.4, -0.2) is 10.2 Å². The molecule has 0 bridgehead atoms. The minimum atomic E-state index is -0.231. The minimum Gasteiger partial charge on any atom is -0.508 e. The molecule has 2 aromatic carbocycles. The molecule has 0 saturated heterocycles. The first-order chi connectivity index (χ1) is 10.6. The maximum absolute atomic E-state index is 13.6. The third-order valence-corrected chi connectivity index (χ3v) is 4.67. The van der Waals surface area contributed by atoms with Crippen molar-refractivity contribution in [3.8, 4) is 11.5 Å². The van der Waals surface area contributed by atoms with Gasteiger partial charge in [0.25, 0.3) is 0 Å². The number of halogens is 1. The summed E-state index contributed by atoms with van der Waals surface area (Å²) in [6.07, 6.45) is 5.11. The lowest BCUT2D eigenvalue weighted by Crippen LogP contribution is -2.29. The summed E-state index contributed by atoms with van der Waals surface area (Å²) in [7, 11) is 0.